The van der Waals surface area contributed by atoms with Gasteiger partial charge >= 0.3 is 14.2 Å². The Morgan fingerprint density at radius 3 is 1.83 bits per heavy atom. The van der Waals surface area contributed by atoms with Crippen LogP contribution in [-0.4, -0.2) is 53.0 Å². The summed E-state index contributed by atoms with van der Waals surface area (Å²) in [5.41, 5.74) is -0.126. The quantitative estimate of drug-likeness (QED) is 0.720. The van der Waals surface area contributed by atoms with Gasteiger partial charge in [-0.25, -0.2) is 4.68 Å². The third-order valence-electron chi connectivity index (χ3n) is 7.20. The van der Waals surface area contributed by atoms with Crippen LogP contribution in [0.1, 0.15) is 80.9 Å². The van der Waals surface area contributed by atoms with Gasteiger partial charge in [0.15, 0.2) is 0 Å². The Bertz CT molecular complexity index is 739. The highest BCUT2D eigenvalue weighted by molar-refractivity contribution is 6.65. The van der Waals surface area contributed by atoms with E-state index in [-0.39, 0.29) is 6.23 Å². The summed E-state index contributed by atoms with van der Waals surface area (Å²) < 4.78 is 33.1. The van der Waals surface area contributed by atoms with Gasteiger partial charge in [0, 0.05) is 6.61 Å². The third-order valence-corrected chi connectivity index (χ3v) is 7.20. The number of hydrogen-bond acceptors (Lipinski definition) is 6. The van der Waals surface area contributed by atoms with E-state index in [1.807, 2.05) is 38.4 Å². The Kier molecular flexibility index (Phi) is 5.03. The summed E-state index contributed by atoms with van der Waals surface area (Å²) in [5, 5.41) is 4.87. The van der Waals surface area contributed by atoms with Gasteiger partial charge in [0.25, 0.3) is 0 Å². The molecule has 0 aliphatic carbocycles. The minimum absolute atomic E-state index is 0.131. The maximum Gasteiger partial charge on any atom is 0.516 e. The minimum atomic E-state index is -0.536. The van der Waals surface area contributed by atoms with Crippen molar-refractivity contribution >= 4 is 25.4 Å². The highest BCUT2D eigenvalue weighted by Gasteiger charge is 2.56. The molecule has 3 fully saturated rings. The summed E-state index contributed by atoms with van der Waals surface area (Å²) >= 11 is 0. The van der Waals surface area contributed by atoms with Gasteiger partial charge in [-0.3, -0.25) is 0 Å². The Morgan fingerprint density at radius 1 is 0.828 bits per heavy atom. The lowest BCUT2D eigenvalue weighted by molar-refractivity contribution is -0.0377. The Morgan fingerprint density at radius 2 is 1.34 bits per heavy atom. The van der Waals surface area contributed by atoms with E-state index in [9.17, 15) is 0 Å². The fourth-order valence-electron chi connectivity index (χ4n) is 3.79. The summed E-state index contributed by atoms with van der Waals surface area (Å²) in [4.78, 5) is 0. The number of hydrogen-bond donors (Lipinski definition) is 0. The molecular formula is C20H34B2N2O5. The van der Waals surface area contributed by atoms with E-state index in [0.29, 0.717) is 0 Å². The molecule has 0 spiro atoms. The number of aromatic nitrogens is 2. The van der Waals surface area contributed by atoms with E-state index in [0.717, 1.165) is 37.1 Å². The second-order valence-corrected chi connectivity index (χ2v) is 10.4. The van der Waals surface area contributed by atoms with Gasteiger partial charge in [-0.2, -0.15) is 5.10 Å². The van der Waals surface area contributed by atoms with E-state index >= 15 is 0 Å². The number of rotatable bonds is 3. The van der Waals surface area contributed by atoms with Crippen molar-refractivity contribution in [2.24, 2.45) is 0 Å². The molecule has 4 rings (SSSR count). The molecule has 9 heteroatoms. The van der Waals surface area contributed by atoms with Gasteiger partial charge in [-0.1, -0.05) is 0 Å². The van der Waals surface area contributed by atoms with Crippen LogP contribution in [0.2, 0.25) is 0 Å². The van der Waals surface area contributed by atoms with Crippen LogP contribution in [0, 0.1) is 0 Å². The monoisotopic (exact) mass is 404 g/mol. The first-order valence-electron chi connectivity index (χ1n) is 10.8. The molecule has 160 valence electrons. The molecule has 0 saturated carbocycles. The molecule has 0 N–H and O–H groups in total. The zero-order valence-corrected chi connectivity index (χ0v) is 19.1. The average molecular weight is 404 g/mol. The summed E-state index contributed by atoms with van der Waals surface area (Å²) in [6.07, 6.45) is 2.97. The summed E-state index contributed by atoms with van der Waals surface area (Å²) in [6.45, 7) is 17.1. The maximum atomic E-state index is 6.32. The summed E-state index contributed by atoms with van der Waals surface area (Å²) in [7, 11) is -1.06. The predicted octanol–water partition coefficient (Wildman–Crippen LogP) is 2.18. The first-order chi connectivity index (χ1) is 13.3. The fraction of sp³-hybridized carbons (Fsp3) is 0.850. The average Bonchev–Trinajstić information content (AvgIpc) is 3.20. The molecule has 0 unspecified atom stereocenters. The molecule has 0 amide bonds. The predicted molar refractivity (Wildman–Crippen MR) is 112 cm³/mol. The molecule has 7 nitrogen and oxygen atoms in total. The van der Waals surface area contributed by atoms with Gasteiger partial charge in [-0.05, 0) is 80.7 Å². The van der Waals surface area contributed by atoms with E-state index < -0.39 is 36.6 Å². The standard InChI is InChI=1S/C20H34B2N2O5/c1-17(2)18(3,4)27-21(26-17)14-13-15(22-28-19(5,6)20(7,8)29-22)24(23-14)16-11-9-10-12-25-16/h13,16H,9-12H2,1-8H3/t16-/m1/s1. The molecule has 3 saturated heterocycles. The topological polar surface area (TPSA) is 64.0 Å². The Balaban J connectivity index is 1.69. The van der Waals surface area contributed by atoms with Crippen LogP contribution in [0.5, 0.6) is 0 Å². The molecule has 1 atom stereocenters. The van der Waals surface area contributed by atoms with Crippen LogP contribution in [0.25, 0.3) is 0 Å². The summed E-state index contributed by atoms with van der Waals surface area (Å²) in [5.74, 6) is 0. The maximum absolute atomic E-state index is 6.32. The smallest absolute Gasteiger partial charge is 0.398 e. The van der Waals surface area contributed by atoms with Crippen molar-refractivity contribution in [3.05, 3.63) is 6.07 Å². The van der Waals surface area contributed by atoms with E-state index in [1.165, 1.54) is 0 Å². The van der Waals surface area contributed by atoms with Crippen LogP contribution < -0.4 is 11.2 Å². The first kappa shape index (κ1) is 21.4. The van der Waals surface area contributed by atoms with Crippen molar-refractivity contribution in [1.29, 1.82) is 0 Å². The number of nitrogens with zero attached hydrogens (tertiary/aromatic N) is 2. The molecule has 0 bridgehead atoms. The van der Waals surface area contributed by atoms with Crippen molar-refractivity contribution in [2.45, 2.75) is 103 Å². The zero-order valence-electron chi connectivity index (χ0n) is 19.1. The van der Waals surface area contributed by atoms with Crippen molar-refractivity contribution in [1.82, 2.24) is 9.78 Å². The minimum Gasteiger partial charge on any atom is -0.398 e. The van der Waals surface area contributed by atoms with Crippen molar-refractivity contribution in [3.63, 3.8) is 0 Å². The van der Waals surface area contributed by atoms with Gasteiger partial charge in [0.2, 0.25) is 0 Å². The van der Waals surface area contributed by atoms with Crippen LogP contribution in [-0.2, 0) is 23.4 Å². The van der Waals surface area contributed by atoms with Crippen molar-refractivity contribution in [3.8, 4) is 0 Å². The molecular weight excluding hydrogens is 370 g/mol. The van der Waals surface area contributed by atoms with E-state index in [4.69, 9.17) is 28.5 Å². The fourth-order valence-corrected chi connectivity index (χ4v) is 3.79. The third kappa shape index (κ3) is 3.59. The molecule has 29 heavy (non-hydrogen) atoms. The largest absolute Gasteiger partial charge is 0.516 e. The second kappa shape index (κ2) is 6.82. The molecule has 0 radical (unpaired) electrons. The van der Waals surface area contributed by atoms with Gasteiger partial charge in [0.1, 0.15) is 6.23 Å². The molecule has 3 aliphatic rings. The molecule has 4 heterocycles. The first-order valence-corrected chi connectivity index (χ1v) is 10.8. The van der Waals surface area contributed by atoms with Crippen LogP contribution >= 0.6 is 0 Å². The lowest BCUT2D eigenvalue weighted by Crippen LogP contribution is -2.42. The molecule has 0 aromatic carbocycles. The highest BCUT2D eigenvalue weighted by Crippen LogP contribution is 2.38. The van der Waals surface area contributed by atoms with Gasteiger partial charge in [-0.15, -0.1) is 0 Å². The van der Waals surface area contributed by atoms with Crippen LogP contribution in [0.15, 0.2) is 6.07 Å². The molecule has 1 aromatic heterocycles. The normalized spacial score (nSPS) is 30.1. The summed E-state index contributed by atoms with van der Waals surface area (Å²) in [6, 6.07) is 1.99. The highest BCUT2D eigenvalue weighted by atomic mass is 16.7. The lowest BCUT2D eigenvalue weighted by atomic mass is 9.79. The lowest BCUT2D eigenvalue weighted by Gasteiger charge is -2.32. The van der Waals surface area contributed by atoms with Gasteiger partial charge < -0.3 is 23.4 Å². The van der Waals surface area contributed by atoms with Gasteiger partial charge in [0.05, 0.1) is 33.6 Å². The molecule has 1 aromatic rings. The van der Waals surface area contributed by atoms with Crippen LogP contribution in [0.4, 0.5) is 0 Å². The van der Waals surface area contributed by atoms with Crippen LogP contribution in [0.3, 0.4) is 0 Å². The molecule has 3 aliphatic heterocycles. The Hall–Kier alpha value is -0.860. The van der Waals surface area contributed by atoms with Crippen molar-refractivity contribution < 1.29 is 23.4 Å². The zero-order chi connectivity index (χ0) is 21.2. The number of ether oxygens (including phenoxy) is 1. The Labute approximate surface area is 175 Å². The van der Waals surface area contributed by atoms with Crippen molar-refractivity contribution in [2.75, 3.05) is 6.61 Å². The van der Waals surface area contributed by atoms with E-state index in [1.54, 1.807) is 0 Å². The second-order valence-electron chi connectivity index (χ2n) is 10.4. The van der Waals surface area contributed by atoms with E-state index in [2.05, 4.69) is 27.7 Å². The SMILES string of the molecule is CC1(C)OB(c2cc(B3OC(C)(C)C(C)(C)O3)n([C@H]3CCCCO3)n2)OC1(C)C.